The van der Waals surface area contributed by atoms with Crippen LogP contribution >= 0.6 is 27.5 Å². The van der Waals surface area contributed by atoms with Crippen molar-refractivity contribution in [3.63, 3.8) is 0 Å². The first-order valence-electron chi connectivity index (χ1n) is 9.09. The normalized spacial score (nSPS) is 10.4. The molecular formula is C20H19BrClN5O4. The fourth-order valence-electron chi connectivity index (χ4n) is 2.60. The average Bonchev–Trinajstić information content (AvgIpc) is 2.77. The molecule has 0 spiro atoms. The van der Waals surface area contributed by atoms with Crippen molar-refractivity contribution < 1.29 is 19.0 Å². The SMILES string of the molecule is CCOc1cccc(C(=O)Nc2nc(Cl)c(Br)nc2Nc2c(OC)cccc2OC)n1. The van der Waals surface area contributed by atoms with Gasteiger partial charge in [-0.05, 0) is 41.1 Å². The number of halogens is 2. The van der Waals surface area contributed by atoms with Crippen molar-refractivity contribution in [1.29, 1.82) is 0 Å². The Morgan fingerprint density at radius 1 is 1.03 bits per heavy atom. The number of hydrogen-bond donors (Lipinski definition) is 2. The van der Waals surface area contributed by atoms with Gasteiger partial charge in [-0.2, -0.15) is 0 Å². The van der Waals surface area contributed by atoms with Gasteiger partial charge in [0.05, 0.1) is 20.8 Å². The number of nitrogens with zero attached hydrogens (tertiary/aromatic N) is 3. The van der Waals surface area contributed by atoms with Gasteiger partial charge in [0.25, 0.3) is 5.91 Å². The maximum atomic E-state index is 12.8. The smallest absolute Gasteiger partial charge is 0.275 e. The van der Waals surface area contributed by atoms with Gasteiger partial charge in [0.2, 0.25) is 5.88 Å². The maximum absolute atomic E-state index is 12.8. The summed E-state index contributed by atoms with van der Waals surface area (Å²) in [6.07, 6.45) is 0. The number of methoxy groups -OCH3 is 2. The van der Waals surface area contributed by atoms with E-state index in [0.29, 0.717) is 34.3 Å². The number of benzene rings is 1. The summed E-state index contributed by atoms with van der Waals surface area (Å²) in [7, 11) is 3.06. The average molecular weight is 509 g/mol. The molecule has 1 amide bonds. The number of pyridine rings is 1. The Bertz CT molecular complexity index is 1080. The molecule has 2 N–H and O–H groups in total. The third kappa shape index (κ3) is 5.33. The summed E-state index contributed by atoms with van der Waals surface area (Å²) in [6.45, 7) is 2.26. The Labute approximate surface area is 192 Å². The first-order valence-corrected chi connectivity index (χ1v) is 10.3. The minimum Gasteiger partial charge on any atom is -0.494 e. The van der Waals surface area contributed by atoms with E-state index in [-0.39, 0.29) is 22.5 Å². The van der Waals surface area contributed by atoms with Gasteiger partial charge in [0.15, 0.2) is 16.8 Å². The molecule has 3 rings (SSSR count). The van der Waals surface area contributed by atoms with Gasteiger partial charge in [-0.15, -0.1) is 0 Å². The maximum Gasteiger partial charge on any atom is 0.275 e. The van der Waals surface area contributed by atoms with Crippen molar-refractivity contribution in [2.75, 3.05) is 31.5 Å². The highest BCUT2D eigenvalue weighted by Crippen LogP contribution is 2.38. The molecule has 0 aliphatic heterocycles. The summed E-state index contributed by atoms with van der Waals surface area (Å²) in [5.74, 6) is 1.16. The number of nitrogens with one attached hydrogen (secondary N) is 2. The molecule has 0 saturated carbocycles. The Balaban J connectivity index is 1.97. The van der Waals surface area contributed by atoms with Crippen molar-refractivity contribution in [3.05, 3.63) is 51.8 Å². The molecule has 162 valence electrons. The molecule has 0 aliphatic carbocycles. The van der Waals surface area contributed by atoms with Crippen molar-refractivity contribution >= 4 is 50.8 Å². The number of para-hydroxylation sites is 1. The predicted octanol–water partition coefficient (Wildman–Crippen LogP) is 4.70. The molecule has 3 aromatic rings. The second-order valence-electron chi connectivity index (χ2n) is 5.91. The lowest BCUT2D eigenvalue weighted by atomic mass is 10.2. The summed E-state index contributed by atoms with van der Waals surface area (Å²) in [4.78, 5) is 25.5. The number of ether oxygens (including phenoxy) is 3. The van der Waals surface area contributed by atoms with E-state index in [1.54, 1.807) is 36.4 Å². The van der Waals surface area contributed by atoms with Crippen LogP contribution in [0.1, 0.15) is 17.4 Å². The van der Waals surface area contributed by atoms with Gasteiger partial charge >= 0.3 is 0 Å². The topological polar surface area (TPSA) is 107 Å². The van der Waals surface area contributed by atoms with Crippen molar-refractivity contribution in [1.82, 2.24) is 15.0 Å². The number of carbonyl (C=O) groups excluding carboxylic acids is 1. The molecule has 0 radical (unpaired) electrons. The van der Waals surface area contributed by atoms with Crippen LogP contribution in [0, 0.1) is 0 Å². The molecule has 0 unspecified atom stereocenters. The molecule has 1 aromatic carbocycles. The number of rotatable bonds is 8. The largest absolute Gasteiger partial charge is 0.494 e. The molecular weight excluding hydrogens is 490 g/mol. The third-order valence-electron chi connectivity index (χ3n) is 3.97. The fourth-order valence-corrected chi connectivity index (χ4v) is 3.00. The molecule has 0 atom stereocenters. The highest BCUT2D eigenvalue weighted by molar-refractivity contribution is 9.10. The summed E-state index contributed by atoms with van der Waals surface area (Å²) in [5, 5.41) is 5.85. The first kappa shape index (κ1) is 22.6. The van der Waals surface area contributed by atoms with E-state index in [9.17, 15) is 4.79 Å². The Kier molecular flexibility index (Phi) is 7.48. The fraction of sp³-hybridized carbons (Fsp3) is 0.200. The van der Waals surface area contributed by atoms with Crippen LogP contribution in [0.15, 0.2) is 41.0 Å². The molecule has 0 bridgehead atoms. The van der Waals surface area contributed by atoms with Crippen LogP contribution in [0.4, 0.5) is 17.3 Å². The van der Waals surface area contributed by atoms with Gasteiger partial charge in [-0.25, -0.2) is 15.0 Å². The Morgan fingerprint density at radius 2 is 1.71 bits per heavy atom. The van der Waals surface area contributed by atoms with Crippen LogP contribution in [0.3, 0.4) is 0 Å². The van der Waals surface area contributed by atoms with Gasteiger partial charge in [0.1, 0.15) is 27.5 Å². The van der Waals surface area contributed by atoms with Crippen LogP contribution in [0.25, 0.3) is 0 Å². The van der Waals surface area contributed by atoms with Crippen LogP contribution in [0.2, 0.25) is 5.15 Å². The monoisotopic (exact) mass is 507 g/mol. The number of hydrogen-bond acceptors (Lipinski definition) is 8. The Morgan fingerprint density at radius 3 is 2.35 bits per heavy atom. The van der Waals surface area contributed by atoms with Gasteiger partial charge in [0, 0.05) is 6.07 Å². The molecule has 31 heavy (non-hydrogen) atoms. The number of carbonyl (C=O) groups is 1. The van der Waals surface area contributed by atoms with E-state index < -0.39 is 5.91 Å². The molecule has 0 aliphatic rings. The second kappa shape index (κ2) is 10.3. The zero-order valence-electron chi connectivity index (χ0n) is 16.9. The van der Waals surface area contributed by atoms with Crippen LogP contribution in [0.5, 0.6) is 17.4 Å². The van der Waals surface area contributed by atoms with Crippen LogP contribution in [-0.2, 0) is 0 Å². The third-order valence-corrected chi connectivity index (χ3v) is 5.01. The lowest BCUT2D eigenvalue weighted by Crippen LogP contribution is -2.17. The van der Waals surface area contributed by atoms with Crippen molar-refractivity contribution in [2.24, 2.45) is 0 Å². The molecule has 9 nitrogen and oxygen atoms in total. The minimum atomic E-state index is -0.510. The van der Waals surface area contributed by atoms with E-state index in [0.717, 1.165) is 0 Å². The Hall–Kier alpha value is -3.11. The van der Waals surface area contributed by atoms with Crippen LogP contribution < -0.4 is 24.8 Å². The summed E-state index contributed by atoms with van der Waals surface area (Å²) in [5.41, 5.74) is 0.649. The lowest BCUT2D eigenvalue weighted by molar-refractivity contribution is 0.102. The number of aromatic nitrogens is 3. The highest BCUT2D eigenvalue weighted by Gasteiger charge is 2.19. The number of amides is 1. The van der Waals surface area contributed by atoms with Crippen molar-refractivity contribution in [2.45, 2.75) is 6.92 Å². The first-order chi connectivity index (χ1) is 15.0. The van der Waals surface area contributed by atoms with Gasteiger partial charge < -0.3 is 24.8 Å². The second-order valence-corrected chi connectivity index (χ2v) is 7.02. The van der Waals surface area contributed by atoms with E-state index in [1.165, 1.54) is 14.2 Å². The summed E-state index contributed by atoms with van der Waals surface area (Å²) >= 11 is 9.37. The molecule has 11 heteroatoms. The van der Waals surface area contributed by atoms with Crippen LogP contribution in [-0.4, -0.2) is 41.7 Å². The molecule has 2 heterocycles. The molecule has 2 aromatic heterocycles. The van der Waals surface area contributed by atoms with Gasteiger partial charge in [-0.1, -0.05) is 23.7 Å². The highest BCUT2D eigenvalue weighted by atomic mass is 79.9. The van der Waals surface area contributed by atoms with E-state index >= 15 is 0 Å². The summed E-state index contributed by atoms with van der Waals surface area (Å²) in [6, 6.07) is 10.2. The van der Waals surface area contributed by atoms with E-state index in [2.05, 4.69) is 41.5 Å². The van der Waals surface area contributed by atoms with Crippen molar-refractivity contribution in [3.8, 4) is 17.4 Å². The van der Waals surface area contributed by atoms with Gasteiger partial charge in [-0.3, -0.25) is 4.79 Å². The number of anilines is 3. The molecule has 0 fully saturated rings. The van der Waals surface area contributed by atoms with E-state index in [1.807, 2.05) is 6.92 Å². The predicted molar refractivity (Wildman–Crippen MR) is 121 cm³/mol. The summed E-state index contributed by atoms with van der Waals surface area (Å²) < 4.78 is 16.4. The zero-order valence-corrected chi connectivity index (χ0v) is 19.2. The van der Waals surface area contributed by atoms with E-state index in [4.69, 9.17) is 25.8 Å². The lowest BCUT2D eigenvalue weighted by Gasteiger charge is -2.17. The zero-order chi connectivity index (χ0) is 22.4. The standard InChI is InChI=1S/C20H19BrClN5O4/c1-4-31-14-10-5-7-11(23-14)20(28)27-19-18(25-16(21)17(22)26-19)24-15-12(29-2)8-6-9-13(15)30-3/h5-10H,4H2,1-3H3,(H,24,25)(H,26,27,28). The quantitative estimate of drug-likeness (QED) is 0.451. The minimum absolute atomic E-state index is 0.0730. The molecule has 0 saturated heterocycles.